The van der Waals surface area contributed by atoms with Gasteiger partial charge in [-0.3, -0.25) is 9.59 Å². The fraction of sp³-hybridized carbons (Fsp3) is 0.556. The van der Waals surface area contributed by atoms with Gasteiger partial charge >= 0.3 is 0 Å². The number of hydrogen-bond acceptors (Lipinski definition) is 3. The van der Waals surface area contributed by atoms with Gasteiger partial charge in [0.25, 0.3) is 5.91 Å². The monoisotopic (exact) mass is 350 g/mol. The molecule has 1 saturated heterocycles. The highest BCUT2D eigenvalue weighted by atomic mass is 35.5. The first-order chi connectivity index (χ1) is 11.5. The number of carbonyl (C=O) groups excluding carboxylic acids is 2. The minimum absolute atomic E-state index is 0.0189. The predicted octanol–water partition coefficient (Wildman–Crippen LogP) is 2.53. The zero-order chi connectivity index (χ0) is 17.1. The van der Waals surface area contributed by atoms with Crippen molar-refractivity contribution in [2.75, 3.05) is 6.61 Å². The summed E-state index contributed by atoms with van der Waals surface area (Å²) in [4.78, 5) is 23.8. The van der Waals surface area contributed by atoms with Crippen LogP contribution in [0, 0.1) is 11.8 Å². The lowest BCUT2D eigenvalue weighted by molar-refractivity contribution is -0.127. The van der Waals surface area contributed by atoms with Gasteiger partial charge < -0.3 is 15.4 Å². The maximum atomic E-state index is 12.1. The lowest BCUT2D eigenvalue weighted by Gasteiger charge is -2.43. The molecule has 1 heterocycles. The third kappa shape index (κ3) is 4.20. The summed E-state index contributed by atoms with van der Waals surface area (Å²) in [6, 6.07) is 7.20. The van der Waals surface area contributed by atoms with Gasteiger partial charge in [-0.1, -0.05) is 18.5 Å². The Kier molecular flexibility index (Phi) is 5.29. The standard InChI is InChI=1S/C18H23ClN2O3/c1-11-8-17(22)21-16-9-13(4-7-15(11)16)20-18(23)10-24-14-5-2-12(19)3-6-14/h2-3,5-6,11,13,15-16H,4,7-10H2,1H3,(H,20,23)(H,21,22). The zero-order valence-electron chi connectivity index (χ0n) is 13.8. The molecule has 2 N–H and O–H groups in total. The number of carbonyl (C=O) groups is 2. The van der Waals surface area contributed by atoms with E-state index in [1.807, 2.05) is 0 Å². The van der Waals surface area contributed by atoms with E-state index in [0.29, 0.717) is 29.0 Å². The predicted molar refractivity (Wildman–Crippen MR) is 91.9 cm³/mol. The highest BCUT2D eigenvalue weighted by Gasteiger charge is 2.38. The summed E-state index contributed by atoms with van der Waals surface area (Å²) in [5, 5.41) is 6.73. The Bertz CT molecular complexity index is 605. The number of piperidine rings is 1. The summed E-state index contributed by atoms with van der Waals surface area (Å²) in [5.41, 5.74) is 0. The summed E-state index contributed by atoms with van der Waals surface area (Å²) >= 11 is 5.81. The van der Waals surface area contributed by atoms with Gasteiger partial charge in [-0.25, -0.2) is 0 Å². The Hall–Kier alpha value is -1.75. The molecule has 1 aliphatic heterocycles. The van der Waals surface area contributed by atoms with Crippen LogP contribution in [0.3, 0.4) is 0 Å². The lowest BCUT2D eigenvalue weighted by atomic mass is 9.72. The van der Waals surface area contributed by atoms with Crippen molar-refractivity contribution in [3.63, 3.8) is 0 Å². The number of ether oxygens (including phenoxy) is 1. The highest BCUT2D eigenvalue weighted by molar-refractivity contribution is 6.30. The highest BCUT2D eigenvalue weighted by Crippen LogP contribution is 2.35. The molecule has 130 valence electrons. The van der Waals surface area contributed by atoms with Gasteiger partial charge in [-0.2, -0.15) is 0 Å². The molecule has 2 amide bonds. The van der Waals surface area contributed by atoms with E-state index in [0.717, 1.165) is 19.3 Å². The van der Waals surface area contributed by atoms with Crippen LogP contribution in [0.4, 0.5) is 0 Å². The van der Waals surface area contributed by atoms with E-state index in [1.54, 1.807) is 24.3 Å². The zero-order valence-corrected chi connectivity index (χ0v) is 14.5. The normalized spacial score (nSPS) is 29.3. The van der Waals surface area contributed by atoms with Gasteiger partial charge in [0, 0.05) is 23.5 Å². The van der Waals surface area contributed by atoms with E-state index in [2.05, 4.69) is 17.6 Å². The molecule has 1 aromatic carbocycles. The van der Waals surface area contributed by atoms with E-state index in [9.17, 15) is 9.59 Å². The van der Waals surface area contributed by atoms with Crippen LogP contribution in [0.1, 0.15) is 32.6 Å². The van der Waals surface area contributed by atoms with Crippen LogP contribution in [0.2, 0.25) is 5.02 Å². The van der Waals surface area contributed by atoms with Gasteiger partial charge in [0.15, 0.2) is 6.61 Å². The molecule has 4 unspecified atom stereocenters. The quantitative estimate of drug-likeness (QED) is 0.876. The van der Waals surface area contributed by atoms with E-state index < -0.39 is 0 Å². The van der Waals surface area contributed by atoms with Gasteiger partial charge in [-0.15, -0.1) is 0 Å². The van der Waals surface area contributed by atoms with Gasteiger partial charge in [-0.05, 0) is 55.4 Å². The van der Waals surface area contributed by atoms with Crippen LogP contribution in [0.25, 0.3) is 0 Å². The lowest BCUT2D eigenvalue weighted by Crippen LogP contribution is -2.55. The third-order valence-electron chi connectivity index (χ3n) is 5.04. The number of nitrogens with one attached hydrogen (secondary N) is 2. The number of halogens is 1. The fourth-order valence-corrected chi connectivity index (χ4v) is 3.96. The molecule has 1 saturated carbocycles. The molecule has 0 spiro atoms. The summed E-state index contributed by atoms with van der Waals surface area (Å²) in [7, 11) is 0. The van der Waals surface area contributed by atoms with E-state index in [4.69, 9.17) is 16.3 Å². The van der Waals surface area contributed by atoms with Crippen LogP contribution < -0.4 is 15.4 Å². The maximum Gasteiger partial charge on any atom is 0.258 e. The number of rotatable bonds is 4. The van der Waals surface area contributed by atoms with Crippen LogP contribution in [-0.2, 0) is 9.59 Å². The smallest absolute Gasteiger partial charge is 0.258 e. The Morgan fingerprint density at radius 1 is 1.33 bits per heavy atom. The largest absolute Gasteiger partial charge is 0.484 e. The van der Waals surface area contributed by atoms with Crippen LogP contribution in [0.5, 0.6) is 5.75 Å². The minimum Gasteiger partial charge on any atom is -0.484 e. The van der Waals surface area contributed by atoms with Gasteiger partial charge in [0.1, 0.15) is 5.75 Å². The molecule has 24 heavy (non-hydrogen) atoms. The molecule has 5 nitrogen and oxygen atoms in total. The molecule has 1 aromatic rings. The van der Waals surface area contributed by atoms with E-state index in [1.165, 1.54) is 0 Å². The molecule has 0 radical (unpaired) electrons. The Balaban J connectivity index is 1.46. The summed E-state index contributed by atoms with van der Waals surface area (Å²) in [5.74, 6) is 1.56. The van der Waals surface area contributed by atoms with Crippen molar-refractivity contribution >= 4 is 23.4 Å². The number of fused-ring (bicyclic) bond motifs is 1. The fourth-order valence-electron chi connectivity index (χ4n) is 3.83. The van der Waals surface area contributed by atoms with Crippen LogP contribution in [0.15, 0.2) is 24.3 Å². The first-order valence-corrected chi connectivity index (χ1v) is 8.86. The molecule has 0 aromatic heterocycles. The number of amides is 2. The van der Waals surface area contributed by atoms with Crippen LogP contribution in [-0.4, -0.2) is 30.5 Å². The molecule has 1 aliphatic carbocycles. The SMILES string of the molecule is CC1CC(=O)NC2CC(NC(=O)COc3ccc(Cl)cc3)CCC12. The molecule has 0 bridgehead atoms. The average Bonchev–Trinajstić information content (AvgIpc) is 2.54. The molecule has 2 aliphatic rings. The van der Waals surface area contributed by atoms with Crippen molar-refractivity contribution in [3.05, 3.63) is 29.3 Å². The molecular formula is C18H23ClN2O3. The van der Waals surface area contributed by atoms with E-state index in [-0.39, 0.29) is 30.5 Å². The maximum absolute atomic E-state index is 12.1. The molecule has 6 heteroatoms. The second-order valence-electron chi connectivity index (χ2n) is 6.84. The van der Waals surface area contributed by atoms with Crippen molar-refractivity contribution in [1.29, 1.82) is 0 Å². The number of benzene rings is 1. The van der Waals surface area contributed by atoms with Gasteiger partial charge in [0.2, 0.25) is 5.91 Å². The second-order valence-corrected chi connectivity index (χ2v) is 7.28. The van der Waals surface area contributed by atoms with Crippen molar-refractivity contribution in [1.82, 2.24) is 10.6 Å². The first kappa shape index (κ1) is 17.1. The topological polar surface area (TPSA) is 67.4 Å². The molecule has 4 atom stereocenters. The average molecular weight is 351 g/mol. The third-order valence-corrected chi connectivity index (χ3v) is 5.29. The Morgan fingerprint density at radius 2 is 2.08 bits per heavy atom. The van der Waals surface area contributed by atoms with E-state index >= 15 is 0 Å². The van der Waals surface area contributed by atoms with Crippen LogP contribution >= 0.6 is 11.6 Å². The van der Waals surface area contributed by atoms with Crippen molar-refractivity contribution in [3.8, 4) is 5.75 Å². The minimum atomic E-state index is -0.136. The number of hydrogen-bond donors (Lipinski definition) is 2. The Labute approximate surface area is 147 Å². The summed E-state index contributed by atoms with van der Waals surface area (Å²) in [6.07, 6.45) is 3.41. The first-order valence-electron chi connectivity index (χ1n) is 8.48. The van der Waals surface area contributed by atoms with Crippen molar-refractivity contribution in [2.24, 2.45) is 11.8 Å². The van der Waals surface area contributed by atoms with Crippen molar-refractivity contribution in [2.45, 2.75) is 44.7 Å². The molecular weight excluding hydrogens is 328 g/mol. The summed E-state index contributed by atoms with van der Waals surface area (Å²) in [6.45, 7) is 2.13. The summed E-state index contributed by atoms with van der Waals surface area (Å²) < 4.78 is 5.46. The second kappa shape index (κ2) is 7.43. The molecule has 3 rings (SSSR count). The Morgan fingerprint density at radius 3 is 2.83 bits per heavy atom. The van der Waals surface area contributed by atoms with Gasteiger partial charge in [0.05, 0.1) is 0 Å². The van der Waals surface area contributed by atoms with Crippen molar-refractivity contribution < 1.29 is 14.3 Å². The molecule has 2 fully saturated rings.